The molecule has 1 amide bonds. The number of rotatable bonds is 4. The predicted molar refractivity (Wildman–Crippen MR) is 77.3 cm³/mol. The summed E-state index contributed by atoms with van der Waals surface area (Å²) in [5.41, 5.74) is 0.643. The summed E-state index contributed by atoms with van der Waals surface area (Å²) in [5, 5.41) is 21.3. The molecule has 0 atom stereocenters. The van der Waals surface area contributed by atoms with Crippen molar-refractivity contribution in [2.24, 2.45) is 0 Å². The molecule has 0 aliphatic carbocycles. The topological polar surface area (TPSA) is 88.0 Å². The summed E-state index contributed by atoms with van der Waals surface area (Å²) >= 11 is 0. The highest BCUT2D eigenvalue weighted by molar-refractivity contribution is 6.05. The second kappa shape index (κ2) is 6.04. The number of anilines is 1. The van der Waals surface area contributed by atoms with Crippen LogP contribution in [0.25, 0.3) is 0 Å². The first kappa shape index (κ1) is 14.5. The fourth-order valence-electron chi connectivity index (χ4n) is 1.77. The van der Waals surface area contributed by atoms with E-state index in [1.165, 1.54) is 32.4 Å². The van der Waals surface area contributed by atoms with E-state index in [4.69, 9.17) is 9.47 Å². The zero-order chi connectivity index (χ0) is 15.4. The van der Waals surface area contributed by atoms with Crippen LogP contribution >= 0.6 is 0 Å². The average Bonchev–Trinajstić information content (AvgIpc) is 2.49. The van der Waals surface area contributed by atoms with E-state index in [1.807, 2.05) is 0 Å². The van der Waals surface area contributed by atoms with Crippen LogP contribution in [-0.2, 0) is 0 Å². The first-order chi connectivity index (χ1) is 10.0. The number of aromatic hydroxyl groups is 2. The van der Waals surface area contributed by atoms with Crippen molar-refractivity contribution in [2.45, 2.75) is 0 Å². The van der Waals surface area contributed by atoms with Gasteiger partial charge in [-0.1, -0.05) is 0 Å². The minimum Gasteiger partial charge on any atom is -0.504 e. The summed E-state index contributed by atoms with van der Waals surface area (Å²) in [5.74, 6) is -0.0468. The van der Waals surface area contributed by atoms with Crippen molar-refractivity contribution >= 4 is 11.6 Å². The second-order valence-electron chi connectivity index (χ2n) is 4.22. The Morgan fingerprint density at radius 3 is 2.38 bits per heavy atom. The molecule has 0 aliphatic heterocycles. The number of carbonyl (C=O) groups excluding carboxylic acids is 1. The highest BCUT2D eigenvalue weighted by Crippen LogP contribution is 2.30. The standard InChI is InChI=1S/C15H15NO5/c1-20-10-4-6-14(21-2)11(8-10)16-15(19)9-3-5-12(17)13(18)7-9/h3-8,17-18H,1-2H3,(H,16,19). The summed E-state index contributed by atoms with van der Waals surface area (Å²) in [4.78, 5) is 12.1. The zero-order valence-corrected chi connectivity index (χ0v) is 11.6. The highest BCUT2D eigenvalue weighted by atomic mass is 16.5. The fraction of sp³-hybridized carbons (Fsp3) is 0.133. The molecule has 21 heavy (non-hydrogen) atoms. The van der Waals surface area contributed by atoms with Gasteiger partial charge in [-0.2, -0.15) is 0 Å². The summed E-state index contributed by atoms with van der Waals surface area (Å²) in [6.07, 6.45) is 0. The number of ether oxygens (including phenoxy) is 2. The van der Waals surface area contributed by atoms with Crippen molar-refractivity contribution in [1.29, 1.82) is 0 Å². The number of amides is 1. The van der Waals surface area contributed by atoms with Gasteiger partial charge in [0.15, 0.2) is 11.5 Å². The largest absolute Gasteiger partial charge is 0.504 e. The molecule has 110 valence electrons. The minimum atomic E-state index is -0.447. The van der Waals surface area contributed by atoms with Gasteiger partial charge >= 0.3 is 0 Å². The number of hydrogen-bond donors (Lipinski definition) is 3. The van der Waals surface area contributed by atoms with E-state index in [0.29, 0.717) is 17.2 Å². The van der Waals surface area contributed by atoms with Crippen LogP contribution in [-0.4, -0.2) is 30.3 Å². The van der Waals surface area contributed by atoms with Gasteiger partial charge in [0.1, 0.15) is 11.5 Å². The Bertz CT molecular complexity index is 669. The Balaban J connectivity index is 2.28. The summed E-state index contributed by atoms with van der Waals surface area (Å²) in [7, 11) is 3.01. The van der Waals surface area contributed by atoms with Crippen LogP contribution < -0.4 is 14.8 Å². The molecule has 0 unspecified atom stereocenters. The molecule has 0 bridgehead atoms. The van der Waals surface area contributed by atoms with Crippen LogP contribution in [0.1, 0.15) is 10.4 Å². The summed E-state index contributed by atoms with van der Waals surface area (Å²) < 4.78 is 10.3. The molecular weight excluding hydrogens is 274 g/mol. The molecule has 0 aliphatic rings. The van der Waals surface area contributed by atoms with Crippen LogP contribution in [0.5, 0.6) is 23.0 Å². The van der Waals surface area contributed by atoms with Gasteiger partial charge in [-0.3, -0.25) is 4.79 Å². The van der Waals surface area contributed by atoms with Gasteiger partial charge in [0.05, 0.1) is 19.9 Å². The maximum absolute atomic E-state index is 12.1. The highest BCUT2D eigenvalue weighted by Gasteiger charge is 2.12. The Hall–Kier alpha value is -2.89. The number of benzene rings is 2. The molecule has 2 aromatic rings. The fourth-order valence-corrected chi connectivity index (χ4v) is 1.77. The molecule has 2 aromatic carbocycles. The number of phenolic OH excluding ortho intramolecular Hbond substituents is 2. The lowest BCUT2D eigenvalue weighted by molar-refractivity contribution is 0.102. The van der Waals surface area contributed by atoms with E-state index in [1.54, 1.807) is 18.2 Å². The molecule has 0 aromatic heterocycles. The van der Waals surface area contributed by atoms with Crippen LogP contribution in [0.3, 0.4) is 0 Å². The lowest BCUT2D eigenvalue weighted by Crippen LogP contribution is -2.12. The van der Waals surface area contributed by atoms with E-state index in [0.717, 1.165) is 0 Å². The van der Waals surface area contributed by atoms with Crippen LogP contribution in [0.2, 0.25) is 0 Å². The second-order valence-corrected chi connectivity index (χ2v) is 4.22. The number of carbonyl (C=O) groups is 1. The van der Waals surface area contributed by atoms with Crippen LogP contribution in [0.15, 0.2) is 36.4 Å². The zero-order valence-electron chi connectivity index (χ0n) is 11.6. The molecular formula is C15H15NO5. The SMILES string of the molecule is COc1ccc(OC)c(NC(=O)c2ccc(O)c(O)c2)c1. The molecule has 0 spiro atoms. The number of methoxy groups -OCH3 is 2. The van der Waals surface area contributed by atoms with Gasteiger partial charge < -0.3 is 25.0 Å². The molecule has 6 heteroatoms. The van der Waals surface area contributed by atoms with E-state index in [9.17, 15) is 15.0 Å². The molecule has 0 saturated heterocycles. The van der Waals surface area contributed by atoms with Gasteiger partial charge in [-0.25, -0.2) is 0 Å². The van der Waals surface area contributed by atoms with Crippen molar-refractivity contribution in [3.05, 3.63) is 42.0 Å². The molecule has 3 N–H and O–H groups in total. The van der Waals surface area contributed by atoms with Crippen molar-refractivity contribution in [1.82, 2.24) is 0 Å². The van der Waals surface area contributed by atoms with E-state index < -0.39 is 5.91 Å². The smallest absolute Gasteiger partial charge is 0.255 e. The van der Waals surface area contributed by atoms with E-state index >= 15 is 0 Å². The van der Waals surface area contributed by atoms with Gasteiger partial charge in [-0.15, -0.1) is 0 Å². The van der Waals surface area contributed by atoms with E-state index in [-0.39, 0.29) is 17.1 Å². The third-order valence-electron chi connectivity index (χ3n) is 2.89. The molecule has 0 heterocycles. The van der Waals surface area contributed by atoms with Crippen molar-refractivity contribution in [2.75, 3.05) is 19.5 Å². The first-order valence-electron chi connectivity index (χ1n) is 6.10. The lowest BCUT2D eigenvalue weighted by atomic mass is 10.2. The normalized spacial score (nSPS) is 10.0. The lowest BCUT2D eigenvalue weighted by Gasteiger charge is -2.12. The molecule has 0 radical (unpaired) electrons. The minimum absolute atomic E-state index is 0.204. The molecule has 6 nitrogen and oxygen atoms in total. The Morgan fingerprint density at radius 2 is 1.76 bits per heavy atom. The Kier molecular flexibility index (Phi) is 4.18. The summed E-state index contributed by atoms with van der Waals surface area (Å²) in [6.45, 7) is 0. The van der Waals surface area contributed by atoms with E-state index in [2.05, 4.69) is 5.32 Å². The van der Waals surface area contributed by atoms with Crippen LogP contribution in [0.4, 0.5) is 5.69 Å². The summed E-state index contributed by atoms with van der Waals surface area (Å²) in [6, 6.07) is 8.82. The Morgan fingerprint density at radius 1 is 1.00 bits per heavy atom. The van der Waals surface area contributed by atoms with Crippen molar-refractivity contribution in [3.8, 4) is 23.0 Å². The monoisotopic (exact) mass is 289 g/mol. The number of nitrogens with one attached hydrogen (secondary N) is 1. The third kappa shape index (κ3) is 3.17. The van der Waals surface area contributed by atoms with Gasteiger partial charge in [0.25, 0.3) is 5.91 Å². The maximum Gasteiger partial charge on any atom is 0.255 e. The van der Waals surface area contributed by atoms with Crippen molar-refractivity contribution in [3.63, 3.8) is 0 Å². The first-order valence-corrected chi connectivity index (χ1v) is 6.10. The number of phenols is 2. The van der Waals surface area contributed by atoms with Gasteiger partial charge in [0.2, 0.25) is 0 Å². The predicted octanol–water partition coefficient (Wildman–Crippen LogP) is 2.37. The molecule has 2 rings (SSSR count). The Labute approximate surface area is 121 Å². The van der Waals surface area contributed by atoms with Gasteiger partial charge in [-0.05, 0) is 30.3 Å². The van der Waals surface area contributed by atoms with Crippen LogP contribution in [0, 0.1) is 0 Å². The maximum atomic E-state index is 12.1. The quantitative estimate of drug-likeness (QED) is 0.752. The molecule has 0 fully saturated rings. The number of hydrogen-bond acceptors (Lipinski definition) is 5. The third-order valence-corrected chi connectivity index (χ3v) is 2.89. The van der Waals surface area contributed by atoms with Gasteiger partial charge in [0, 0.05) is 11.6 Å². The molecule has 0 saturated carbocycles. The van der Waals surface area contributed by atoms with Crippen molar-refractivity contribution < 1.29 is 24.5 Å². The average molecular weight is 289 g/mol.